The number of imidazole rings is 1. The second-order valence-corrected chi connectivity index (χ2v) is 19.1. The topological polar surface area (TPSA) is 192 Å². The molecule has 0 bridgehead atoms. The van der Waals surface area contributed by atoms with Gasteiger partial charge in [-0.3, -0.25) is 20.2 Å². The maximum atomic E-state index is 15.4. The second kappa shape index (κ2) is 21.1. The minimum Gasteiger partial charge on any atom is -0.496 e. The van der Waals surface area contributed by atoms with Gasteiger partial charge in [0.05, 0.1) is 36.7 Å². The van der Waals surface area contributed by atoms with Crippen LogP contribution in [0.5, 0.6) is 11.5 Å². The van der Waals surface area contributed by atoms with Crippen LogP contribution in [0.1, 0.15) is 52.7 Å². The van der Waals surface area contributed by atoms with Gasteiger partial charge < -0.3 is 18.6 Å². The molecule has 0 aliphatic carbocycles. The maximum absolute atomic E-state index is 15.4. The minimum atomic E-state index is -0.887. The SMILES string of the molecule is COc1ccccc1C(=O)c1cc(C)ccc1N(C(=O)Nc1ncc(CSc2nccn2C)s1)N(C(=O)Nc1ncc(CSc2nncn2C)s1)c1ccc(C)cc1C(=O)c1ccccc1OC. The average molecular weight is 986 g/mol. The highest BCUT2D eigenvalue weighted by molar-refractivity contribution is 7.98. The fraction of sp³-hybridized carbons (Fsp3) is 0.170. The number of carbonyl (C=O) groups is 4. The monoisotopic (exact) mass is 985 g/mol. The number of ether oxygens (including phenoxy) is 2. The van der Waals surface area contributed by atoms with E-state index in [1.54, 1.807) is 114 Å². The van der Waals surface area contributed by atoms with Gasteiger partial charge in [0, 0.05) is 71.3 Å². The fourth-order valence-corrected chi connectivity index (χ4v) is 10.4. The van der Waals surface area contributed by atoms with Crippen molar-refractivity contribution in [2.24, 2.45) is 14.1 Å². The van der Waals surface area contributed by atoms with Gasteiger partial charge in [-0.05, 0) is 62.4 Å². The first kappa shape index (κ1) is 47.2. The summed E-state index contributed by atoms with van der Waals surface area (Å²) in [5, 5.41) is 17.9. The Bertz CT molecular complexity index is 2940. The Balaban J connectivity index is 1.28. The van der Waals surface area contributed by atoms with Crippen molar-refractivity contribution in [3.8, 4) is 11.5 Å². The number of anilines is 4. The fourth-order valence-electron chi connectivity index (χ4n) is 6.92. The van der Waals surface area contributed by atoms with E-state index in [1.807, 2.05) is 38.7 Å². The molecular formula is C47H43N11O6S4. The van der Waals surface area contributed by atoms with Crippen LogP contribution in [0.25, 0.3) is 0 Å². The lowest BCUT2D eigenvalue weighted by molar-refractivity contribution is 0.102. The number of thioether (sulfide) groups is 2. The number of nitrogens with one attached hydrogen (secondary N) is 2. The Labute approximate surface area is 407 Å². The normalized spacial score (nSPS) is 11.0. The molecule has 0 aliphatic rings. The van der Waals surface area contributed by atoms with Crippen LogP contribution < -0.4 is 30.1 Å². The number of carbonyl (C=O) groups excluding carboxylic acids is 4. The van der Waals surface area contributed by atoms with Crippen molar-refractivity contribution >= 4 is 91.5 Å². The van der Waals surface area contributed by atoms with Gasteiger partial charge in [0.1, 0.15) is 17.8 Å². The van der Waals surface area contributed by atoms with E-state index in [0.717, 1.165) is 24.9 Å². The van der Waals surface area contributed by atoms with Gasteiger partial charge in [0.15, 0.2) is 32.1 Å². The number of nitrogens with zero attached hydrogens (tertiary/aromatic N) is 9. The molecule has 4 aromatic carbocycles. The summed E-state index contributed by atoms with van der Waals surface area (Å²) >= 11 is 5.40. The molecule has 21 heteroatoms. The second-order valence-electron chi connectivity index (χ2n) is 15.0. The number of aromatic nitrogens is 7. The van der Waals surface area contributed by atoms with Crippen molar-refractivity contribution in [1.29, 1.82) is 0 Å². The zero-order valence-electron chi connectivity index (χ0n) is 37.5. The summed E-state index contributed by atoms with van der Waals surface area (Å²) in [5.74, 6) is 0.587. The molecule has 0 saturated heterocycles. The molecule has 0 radical (unpaired) electrons. The van der Waals surface area contributed by atoms with Crippen LogP contribution in [0, 0.1) is 13.8 Å². The van der Waals surface area contributed by atoms with Crippen LogP contribution in [-0.2, 0) is 25.6 Å². The number of benzene rings is 4. The lowest BCUT2D eigenvalue weighted by Gasteiger charge is -2.36. The Kier molecular flexibility index (Phi) is 14.6. The molecule has 8 aromatic rings. The number of amides is 4. The first-order chi connectivity index (χ1) is 32.9. The molecule has 0 fully saturated rings. The molecule has 0 aliphatic heterocycles. The Morgan fingerprint density at radius 1 is 0.632 bits per heavy atom. The van der Waals surface area contributed by atoms with Crippen molar-refractivity contribution in [2.45, 2.75) is 35.7 Å². The van der Waals surface area contributed by atoms with Crippen molar-refractivity contribution in [1.82, 2.24) is 34.3 Å². The van der Waals surface area contributed by atoms with E-state index >= 15 is 9.59 Å². The summed E-state index contributed by atoms with van der Waals surface area (Å²) < 4.78 is 14.9. The summed E-state index contributed by atoms with van der Waals surface area (Å²) in [5.41, 5.74) is 1.90. The predicted molar refractivity (Wildman–Crippen MR) is 266 cm³/mol. The van der Waals surface area contributed by atoms with Crippen molar-refractivity contribution < 1.29 is 28.7 Å². The molecule has 17 nitrogen and oxygen atoms in total. The summed E-state index contributed by atoms with van der Waals surface area (Å²) in [7, 11) is 6.67. The van der Waals surface area contributed by atoms with Gasteiger partial charge >= 0.3 is 12.1 Å². The van der Waals surface area contributed by atoms with E-state index in [4.69, 9.17) is 9.47 Å². The van der Waals surface area contributed by atoms with Gasteiger partial charge in [-0.2, -0.15) is 10.0 Å². The van der Waals surface area contributed by atoms with Gasteiger partial charge in [-0.25, -0.2) is 24.5 Å². The molecule has 0 spiro atoms. The number of urea groups is 2. The quantitative estimate of drug-likeness (QED) is 0.0529. The van der Waals surface area contributed by atoms with Crippen LogP contribution in [-0.4, -0.2) is 72.1 Å². The molecule has 0 saturated carbocycles. The highest BCUT2D eigenvalue weighted by Crippen LogP contribution is 2.37. The van der Waals surface area contributed by atoms with Gasteiger partial charge in [-0.1, -0.05) is 71.0 Å². The third-order valence-electron chi connectivity index (χ3n) is 10.2. The molecule has 4 heterocycles. The Morgan fingerprint density at radius 3 is 1.56 bits per heavy atom. The lowest BCUT2D eigenvalue weighted by Crippen LogP contribution is -2.54. The standard InChI is InChI=1S/C47H43N11O6S4/c1-28-15-17-36(34(21-28)40(59)32-11-7-9-13-38(32)63-5)57(44(61)52-42-49-23-30(67-42)25-65-46-48-19-20-55(46)3)58(45(62)53-43-50-24-31(68-43)26-66-47-54-51-27-56(47)4)37-18-16-29(2)22-35(37)41(60)33-12-8-10-14-39(33)64-6/h7-24,27H,25-26H2,1-6H3,(H,49,52,61)(H,50,53,62). The van der Waals surface area contributed by atoms with Crippen LogP contribution in [0.3, 0.4) is 0 Å². The van der Waals surface area contributed by atoms with Gasteiger partial charge in [-0.15, -0.1) is 32.9 Å². The molecule has 4 amide bonds. The van der Waals surface area contributed by atoms with Crippen LogP contribution >= 0.6 is 46.2 Å². The zero-order chi connectivity index (χ0) is 47.9. The molecule has 68 heavy (non-hydrogen) atoms. The lowest BCUT2D eigenvalue weighted by atomic mass is 9.98. The van der Waals surface area contributed by atoms with Crippen molar-refractivity contribution in [2.75, 3.05) is 34.9 Å². The van der Waals surface area contributed by atoms with Crippen molar-refractivity contribution in [3.63, 3.8) is 0 Å². The zero-order valence-corrected chi connectivity index (χ0v) is 40.8. The molecule has 4 aromatic heterocycles. The third kappa shape index (κ3) is 10.4. The summed E-state index contributed by atoms with van der Waals surface area (Å²) in [6, 6.07) is 21.6. The van der Waals surface area contributed by atoms with E-state index < -0.39 is 23.6 Å². The Hall–Kier alpha value is -7.33. The number of aryl methyl sites for hydroxylation is 4. The van der Waals surface area contributed by atoms with Crippen LogP contribution in [0.2, 0.25) is 0 Å². The first-order valence-corrected chi connectivity index (χ1v) is 24.3. The molecule has 0 atom stereocenters. The molecule has 346 valence electrons. The number of thiazole rings is 2. The number of rotatable bonds is 16. The van der Waals surface area contributed by atoms with E-state index in [0.29, 0.717) is 39.3 Å². The van der Waals surface area contributed by atoms with Crippen LogP contribution in [0.4, 0.5) is 31.2 Å². The van der Waals surface area contributed by atoms with Crippen molar-refractivity contribution in [3.05, 3.63) is 159 Å². The van der Waals surface area contributed by atoms with E-state index in [2.05, 4.69) is 35.8 Å². The number of para-hydroxylation sites is 2. The molecular weight excluding hydrogens is 943 g/mol. The van der Waals surface area contributed by atoms with Crippen LogP contribution in [0.15, 0.2) is 126 Å². The smallest absolute Gasteiger partial charge is 0.347 e. The number of hydrogen-bond donors (Lipinski definition) is 2. The summed E-state index contributed by atoms with van der Waals surface area (Å²) in [4.78, 5) is 75.7. The highest BCUT2D eigenvalue weighted by Gasteiger charge is 2.37. The largest absolute Gasteiger partial charge is 0.496 e. The average Bonchev–Trinajstić information content (AvgIpc) is 4.18. The van der Waals surface area contributed by atoms with E-state index in [9.17, 15) is 9.59 Å². The first-order valence-electron chi connectivity index (χ1n) is 20.7. The molecule has 0 unspecified atom stereocenters. The number of hydrazine groups is 1. The minimum absolute atomic E-state index is 0.00237. The third-order valence-corrected chi connectivity index (χ3v) is 14.6. The molecule has 2 N–H and O–H groups in total. The number of hydrogen-bond acceptors (Lipinski definition) is 15. The van der Waals surface area contributed by atoms with E-state index in [-0.39, 0.29) is 43.9 Å². The number of ketones is 2. The number of methoxy groups -OCH3 is 2. The van der Waals surface area contributed by atoms with Gasteiger partial charge in [0.25, 0.3) is 0 Å². The maximum Gasteiger partial charge on any atom is 0.347 e. The Morgan fingerprint density at radius 2 is 1.12 bits per heavy atom. The summed E-state index contributed by atoms with van der Waals surface area (Å²) in [6.45, 7) is 3.62. The van der Waals surface area contributed by atoms with E-state index in [1.165, 1.54) is 60.4 Å². The molecule has 8 rings (SSSR count). The van der Waals surface area contributed by atoms with Gasteiger partial charge in [0.2, 0.25) is 0 Å². The summed E-state index contributed by atoms with van der Waals surface area (Å²) in [6.07, 6.45) is 8.46. The predicted octanol–water partition coefficient (Wildman–Crippen LogP) is 9.83. The highest BCUT2D eigenvalue weighted by atomic mass is 32.2.